The van der Waals surface area contributed by atoms with Crippen LogP contribution in [0.15, 0.2) is 48.5 Å². The van der Waals surface area contributed by atoms with E-state index in [2.05, 4.69) is 62.4 Å². The first-order valence-corrected chi connectivity index (χ1v) is 7.89. The summed E-state index contributed by atoms with van der Waals surface area (Å²) in [5, 5.41) is 14.3. The second kappa shape index (κ2) is 3.25. The van der Waals surface area contributed by atoms with Crippen molar-refractivity contribution in [3.63, 3.8) is 0 Å². The lowest BCUT2D eigenvalue weighted by atomic mass is 9.93. The maximum absolute atomic E-state index is 2.36. The van der Waals surface area contributed by atoms with Gasteiger partial charge in [-0.3, -0.25) is 0 Å². The summed E-state index contributed by atoms with van der Waals surface area (Å²) >= 11 is 0. The van der Waals surface area contributed by atoms with Gasteiger partial charge in [-0.25, -0.2) is 0 Å². The molecule has 0 heterocycles. The minimum atomic E-state index is 1.37. The Balaban J connectivity index is 2.24. The Hall–Kier alpha value is -2.60. The van der Waals surface area contributed by atoms with Crippen molar-refractivity contribution in [2.45, 2.75) is 13.8 Å². The fourth-order valence-corrected chi connectivity index (χ4v) is 4.74. The number of aryl methyl sites for hydroxylation is 2. The van der Waals surface area contributed by atoms with Crippen molar-refractivity contribution in [3.8, 4) is 0 Å². The minimum absolute atomic E-state index is 1.37. The van der Waals surface area contributed by atoms with E-state index in [-0.39, 0.29) is 0 Å². The summed E-state index contributed by atoms with van der Waals surface area (Å²) in [7, 11) is 0. The third-order valence-electron chi connectivity index (χ3n) is 5.51. The maximum Gasteiger partial charge on any atom is -0.000854 e. The lowest BCUT2D eigenvalue weighted by molar-refractivity contribution is 1.50. The zero-order chi connectivity index (χ0) is 14.6. The molecule has 22 heavy (non-hydrogen) atoms. The fourth-order valence-electron chi connectivity index (χ4n) is 4.74. The maximum atomic E-state index is 2.36. The zero-order valence-corrected chi connectivity index (χ0v) is 12.6. The Morgan fingerprint density at radius 3 is 1.23 bits per heavy atom. The van der Waals surface area contributed by atoms with E-state index in [1.807, 2.05) is 0 Å². The van der Waals surface area contributed by atoms with Gasteiger partial charge < -0.3 is 0 Å². The summed E-state index contributed by atoms with van der Waals surface area (Å²) in [5.74, 6) is 0. The van der Waals surface area contributed by atoms with Gasteiger partial charge in [-0.15, -0.1) is 0 Å². The second-order valence-electron chi connectivity index (χ2n) is 6.73. The molecule has 6 aromatic carbocycles. The van der Waals surface area contributed by atoms with Crippen LogP contribution in [0, 0.1) is 13.8 Å². The van der Waals surface area contributed by atoms with Gasteiger partial charge in [0.1, 0.15) is 0 Å². The lowest BCUT2D eigenvalue weighted by Gasteiger charge is -2.10. The molecule has 102 valence electrons. The van der Waals surface area contributed by atoms with Gasteiger partial charge in [0.15, 0.2) is 0 Å². The highest BCUT2D eigenvalue weighted by atomic mass is 14.2. The summed E-state index contributed by atoms with van der Waals surface area (Å²) in [6, 6.07) is 18.4. The van der Waals surface area contributed by atoms with Gasteiger partial charge in [0.25, 0.3) is 0 Å². The highest BCUT2D eigenvalue weighted by molar-refractivity contribution is 6.44. The molecule has 0 saturated heterocycles. The first kappa shape index (κ1) is 11.0. The van der Waals surface area contributed by atoms with Gasteiger partial charge in [-0.1, -0.05) is 48.5 Å². The van der Waals surface area contributed by atoms with E-state index in [9.17, 15) is 0 Å². The van der Waals surface area contributed by atoms with Gasteiger partial charge in [0.2, 0.25) is 0 Å². The van der Waals surface area contributed by atoms with Crippen LogP contribution in [0.2, 0.25) is 0 Å². The van der Waals surface area contributed by atoms with E-state index in [0.29, 0.717) is 0 Å². The van der Waals surface area contributed by atoms with Gasteiger partial charge in [0, 0.05) is 0 Å². The molecule has 0 amide bonds. The molecule has 0 atom stereocenters. The molecular weight excluding hydrogens is 264 g/mol. The number of rotatable bonds is 0. The summed E-state index contributed by atoms with van der Waals surface area (Å²) in [6.45, 7) is 4.50. The molecule has 6 rings (SSSR count). The molecule has 0 spiro atoms. The van der Waals surface area contributed by atoms with E-state index >= 15 is 0 Å². The fraction of sp³-hybridized carbons (Fsp3) is 0.0909. The summed E-state index contributed by atoms with van der Waals surface area (Å²) in [4.78, 5) is 0. The van der Waals surface area contributed by atoms with Gasteiger partial charge in [-0.2, -0.15) is 0 Å². The molecule has 0 aliphatic rings. The smallest absolute Gasteiger partial charge is 0.000854 e. The first-order valence-electron chi connectivity index (χ1n) is 7.89. The predicted octanol–water partition coefficient (Wildman–Crippen LogP) is 6.38. The molecule has 0 N–H and O–H groups in total. The molecule has 6 aromatic rings. The Morgan fingerprint density at radius 2 is 0.773 bits per heavy atom. The highest BCUT2D eigenvalue weighted by Crippen LogP contribution is 2.49. The van der Waals surface area contributed by atoms with Crippen LogP contribution in [-0.2, 0) is 0 Å². The molecule has 0 bridgehead atoms. The van der Waals surface area contributed by atoms with Crippen molar-refractivity contribution in [1.82, 2.24) is 0 Å². The van der Waals surface area contributed by atoms with Crippen LogP contribution in [0.4, 0.5) is 0 Å². The van der Waals surface area contributed by atoms with E-state index < -0.39 is 0 Å². The van der Waals surface area contributed by atoms with Gasteiger partial charge in [-0.05, 0) is 78.8 Å². The van der Waals surface area contributed by atoms with Crippen LogP contribution < -0.4 is 0 Å². The Morgan fingerprint density at radius 1 is 0.409 bits per heavy atom. The van der Waals surface area contributed by atoms with Crippen molar-refractivity contribution >= 4 is 53.9 Å². The molecule has 0 saturated carbocycles. The predicted molar refractivity (Wildman–Crippen MR) is 97.0 cm³/mol. The van der Waals surface area contributed by atoms with Crippen molar-refractivity contribution in [3.05, 3.63) is 59.7 Å². The van der Waals surface area contributed by atoms with Crippen LogP contribution in [-0.4, -0.2) is 0 Å². The molecule has 0 aromatic heterocycles. The van der Waals surface area contributed by atoms with E-state index in [0.717, 1.165) is 0 Å². The third kappa shape index (κ3) is 1.00. The van der Waals surface area contributed by atoms with Crippen molar-refractivity contribution in [1.29, 1.82) is 0 Å². The highest BCUT2D eigenvalue weighted by Gasteiger charge is 2.21. The van der Waals surface area contributed by atoms with Crippen LogP contribution >= 0.6 is 0 Å². The normalized spacial score (nSPS) is 13.0. The van der Waals surface area contributed by atoms with Crippen molar-refractivity contribution < 1.29 is 0 Å². The summed E-state index contributed by atoms with van der Waals surface area (Å²) in [6.07, 6.45) is 0. The molecule has 0 heteroatoms. The molecule has 0 aliphatic heterocycles. The van der Waals surface area contributed by atoms with E-state index in [1.54, 1.807) is 0 Å². The third-order valence-corrected chi connectivity index (χ3v) is 5.51. The van der Waals surface area contributed by atoms with Crippen LogP contribution in [0.1, 0.15) is 11.1 Å². The largest absolute Gasteiger partial charge is 0.0537 e. The molecule has 0 aliphatic carbocycles. The van der Waals surface area contributed by atoms with Crippen LogP contribution in [0.3, 0.4) is 0 Å². The molecule has 0 nitrogen and oxygen atoms in total. The van der Waals surface area contributed by atoms with Crippen LogP contribution in [0.5, 0.6) is 0 Å². The average molecular weight is 278 g/mol. The van der Waals surface area contributed by atoms with Crippen molar-refractivity contribution in [2.75, 3.05) is 0 Å². The number of hydrogen-bond acceptors (Lipinski definition) is 0. The Kier molecular flexibility index (Phi) is 1.63. The molecule has 0 fully saturated rings. The van der Waals surface area contributed by atoms with Gasteiger partial charge >= 0.3 is 0 Å². The number of hydrogen-bond donors (Lipinski definition) is 0. The van der Waals surface area contributed by atoms with Gasteiger partial charge in [0.05, 0.1) is 0 Å². The molecule has 0 radical (unpaired) electrons. The number of benzene rings is 5. The molecular formula is C22H14. The standard InChI is InChI=1S/C22H14/c1-11-9-15-7-5-13-3-4-14-6-8-16-10-12(2)17(11)22-20(15)18(13)19(14)21(16)22/h3-10H,1-2H3. The van der Waals surface area contributed by atoms with Crippen molar-refractivity contribution in [2.24, 2.45) is 0 Å². The quantitative estimate of drug-likeness (QED) is 0.283. The monoisotopic (exact) mass is 278 g/mol. The summed E-state index contributed by atoms with van der Waals surface area (Å²) in [5.41, 5.74) is 2.79. The van der Waals surface area contributed by atoms with E-state index in [4.69, 9.17) is 0 Å². The average Bonchev–Trinajstić information content (AvgIpc) is 2.87. The lowest BCUT2D eigenvalue weighted by Crippen LogP contribution is -1.85. The topological polar surface area (TPSA) is 0 Å². The van der Waals surface area contributed by atoms with E-state index in [1.165, 1.54) is 65.0 Å². The first-order chi connectivity index (χ1) is 10.7. The SMILES string of the molecule is Cc1cc2ccc3ccc4ccc5cc(C)c1c1c2c3c4c51. The second-order valence-corrected chi connectivity index (χ2v) is 6.73. The summed E-state index contributed by atoms with van der Waals surface area (Å²) < 4.78 is 0. The molecule has 0 unspecified atom stereocenters. The Labute approximate surface area is 128 Å². The Bertz CT molecular complexity index is 1220. The zero-order valence-electron chi connectivity index (χ0n) is 12.6. The van der Waals surface area contributed by atoms with Crippen LogP contribution in [0.25, 0.3) is 53.9 Å². The minimum Gasteiger partial charge on any atom is -0.0537 e.